The lowest BCUT2D eigenvalue weighted by Gasteiger charge is -2.09. The Morgan fingerprint density at radius 2 is 1.85 bits per heavy atom. The Hall–Kier alpha value is -2.41. The maximum absolute atomic E-state index is 5.85. The van der Waals surface area contributed by atoms with Crippen molar-refractivity contribution in [2.75, 3.05) is 11.9 Å². The first-order valence-corrected chi connectivity index (χ1v) is 6.30. The second kappa shape index (κ2) is 5.30. The zero-order valence-electron chi connectivity index (χ0n) is 10.5. The quantitative estimate of drug-likeness (QED) is 0.791. The predicted octanol–water partition coefficient (Wildman–Crippen LogP) is 2.81. The summed E-state index contributed by atoms with van der Waals surface area (Å²) in [6.45, 7) is 2.32. The summed E-state index contributed by atoms with van der Waals surface area (Å²) in [6.07, 6.45) is 0. The molecule has 0 saturated carbocycles. The number of ether oxygens (including phenoxy) is 1. The van der Waals surface area contributed by atoms with Gasteiger partial charge in [-0.3, -0.25) is 0 Å². The molecule has 1 aromatic carbocycles. The number of anilines is 2. The summed E-state index contributed by atoms with van der Waals surface area (Å²) < 4.78 is 10.0. The Morgan fingerprint density at radius 1 is 1.15 bits per heavy atom. The smallest absolute Gasteiger partial charge is 0.260 e. The van der Waals surface area contributed by atoms with E-state index in [4.69, 9.17) is 16.3 Å². The molecule has 102 valence electrons. The minimum absolute atomic E-state index is 0.301. The van der Waals surface area contributed by atoms with Gasteiger partial charge in [-0.15, -0.1) is 0 Å². The second-order valence-electron chi connectivity index (χ2n) is 3.85. The van der Waals surface area contributed by atoms with E-state index >= 15 is 0 Å². The van der Waals surface area contributed by atoms with Crippen molar-refractivity contribution in [1.82, 2.24) is 20.3 Å². The molecule has 0 aliphatic carbocycles. The molecule has 2 aromatic heterocycles. The van der Waals surface area contributed by atoms with Crippen LogP contribution in [0.15, 0.2) is 28.9 Å². The number of nitrogens with zero attached hydrogens (tertiary/aromatic N) is 4. The Morgan fingerprint density at radius 3 is 2.55 bits per heavy atom. The van der Waals surface area contributed by atoms with Gasteiger partial charge in [0.1, 0.15) is 0 Å². The van der Waals surface area contributed by atoms with Crippen LogP contribution in [0.4, 0.5) is 11.5 Å². The topological polar surface area (TPSA) is 86.0 Å². The van der Waals surface area contributed by atoms with Gasteiger partial charge in [-0.1, -0.05) is 11.6 Å². The number of halogens is 1. The molecule has 1 N–H and O–H groups in total. The maximum atomic E-state index is 5.85. The zero-order chi connectivity index (χ0) is 13.9. The van der Waals surface area contributed by atoms with Gasteiger partial charge in [-0.05, 0) is 41.5 Å². The Labute approximate surface area is 118 Å². The number of nitrogens with one attached hydrogen (secondary N) is 1. The highest BCUT2D eigenvalue weighted by molar-refractivity contribution is 6.30. The predicted molar refractivity (Wildman–Crippen MR) is 73.3 cm³/mol. The van der Waals surface area contributed by atoms with Crippen LogP contribution in [0.2, 0.25) is 5.02 Å². The number of fused-ring (bicyclic) bond motifs is 1. The van der Waals surface area contributed by atoms with Crippen molar-refractivity contribution in [2.24, 2.45) is 0 Å². The normalized spacial score (nSPS) is 10.7. The first kappa shape index (κ1) is 12.6. The minimum Gasteiger partial charge on any atom is -0.475 e. The number of rotatable bonds is 4. The van der Waals surface area contributed by atoms with Crippen LogP contribution in [-0.4, -0.2) is 26.9 Å². The van der Waals surface area contributed by atoms with Crippen LogP contribution >= 0.6 is 11.6 Å². The standard InChI is InChI=1S/C12H10ClN5O2/c1-2-19-12-11(14-8-5-3-7(13)4-6-8)15-9-10(16-12)18-20-17-9/h3-6H,2H2,1H3,(H,14,15,17). The van der Waals surface area contributed by atoms with E-state index in [0.29, 0.717) is 34.6 Å². The molecule has 3 rings (SSSR count). The van der Waals surface area contributed by atoms with Crippen LogP contribution in [0.25, 0.3) is 11.3 Å². The van der Waals surface area contributed by atoms with E-state index in [1.807, 2.05) is 19.1 Å². The summed E-state index contributed by atoms with van der Waals surface area (Å²) in [6, 6.07) is 7.19. The van der Waals surface area contributed by atoms with Crippen molar-refractivity contribution < 1.29 is 9.37 Å². The third kappa shape index (κ3) is 2.48. The Kier molecular flexibility index (Phi) is 3.34. The summed E-state index contributed by atoms with van der Waals surface area (Å²) in [5, 5.41) is 11.1. The summed E-state index contributed by atoms with van der Waals surface area (Å²) in [7, 11) is 0. The van der Waals surface area contributed by atoms with Crippen molar-refractivity contribution in [3.63, 3.8) is 0 Å². The highest BCUT2D eigenvalue weighted by Crippen LogP contribution is 2.26. The van der Waals surface area contributed by atoms with Gasteiger partial charge in [0.25, 0.3) is 5.88 Å². The molecule has 0 unspecified atom stereocenters. The van der Waals surface area contributed by atoms with Crippen molar-refractivity contribution in [3.8, 4) is 5.88 Å². The summed E-state index contributed by atoms with van der Waals surface area (Å²) >= 11 is 5.85. The molecule has 0 spiro atoms. The van der Waals surface area contributed by atoms with Crippen LogP contribution < -0.4 is 10.1 Å². The van der Waals surface area contributed by atoms with Gasteiger partial charge < -0.3 is 10.1 Å². The number of aromatic nitrogens is 4. The lowest BCUT2D eigenvalue weighted by molar-refractivity contribution is 0.312. The van der Waals surface area contributed by atoms with E-state index in [1.165, 1.54) is 0 Å². The molecule has 0 bridgehead atoms. The maximum Gasteiger partial charge on any atom is 0.260 e. The zero-order valence-corrected chi connectivity index (χ0v) is 11.3. The number of hydrogen-bond donors (Lipinski definition) is 1. The molecule has 0 aliphatic heterocycles. The van der Waals surface area contributed by atoms with Gasteiger partial charge in [0, 0.05) is 10.7 Å². The van der Waals surface area contributed by atoms with Crippen molar-refractivity contribution in [2.45, 2.75) is 6.92 Å². The van der Waals surface area contributed by atoms with Crippen LogP contribution in [-0.2, 0) is 0 Å². The van der Waals surface area contributed by atoms with E-state index in [-0.39, 0.29) is 0 Å². The molecule has 0 saturated heterocycles. The first-order valence-electron chi connectivity index (χ1n) is 5.92. The van der Waals surface area contributed by atoms with Gasteiger partial charge >= 0.3 is 0 Å². The molecular weight excluding hydrogens is 282 g/mol. The lowest BCUT2D eigenvalue weighted by atomic mass is 10.3. The van der Waals surface area contributed by atoms with E-state index < -0.39 is 0 Å². The molecule has 3 aromatic rings. The van der Waals surface area contributed by atoms with Crippen LogP contribution in [0.3, 0.4) is 0 Å². The van der Waals surface area contributed by atoms with E-state index in [1.54, 1.807) is 12.1 Å². The molecule has 8 heteroatoms. The van der Waals surface area contributed by atoms with Gasteiger partial charge in [-0.2, -0.15) is 9.97 Å². The fourth-order valence-corrected chi connectivity index (χ4v) is 1.74. The summed E-state index contributed by atoms with van der Waals surface area (Å²) in [5.74, 6) is 0.781. The highest BCUT2D eigenvalue weighted by Gasteiger charge is 2.13. The Bertz CT molecular complexity index is 728. The molecule has 2 heterocycles. The second-order valence-corrected chi connectivity index (χ2v) is 4.29. The number of benzene rings is 1. The lowest BCUT2D eigenvalue weighted by Crippen LogP contribution is -2.03. The monoisotopic (exact) mass is 291 g/mol. The SMILES string of the molecule is CCOc1nc2nonc2nc1Nc1ccc(Cl)cc1. The highest BCUT2D eigenvalue weighted by atomic mass is 35.5. The fraction of sp³-hybridized carbons (Fsp3) is 0.167. The fourth-order valence-electron chi connectivity index (χ4n) is 1.61. The third-order valence-electron chi connectivity index (χ3n) is 2.47. The van der Waals surface area contributed by atoms with Gasteiger partial charge in [0.2, 0.25) is 11.3 Å². The average Bonchev–Trinajstić information content (AvgIpc) is 2.89. The molecule has 20 heavy (non-hydrogen) atoms. The number of hydrogen-bond acceptors (Lipinski definition) is 7. The molecule has 0 fully saturated rings. The average molecular weight is 292 g/mol. The van der Waals surface area contributed by atoms with Crippen molar-refractivity contribution in [3.05, 3.63) is 29.3 Å². The molecule has 7 nitrogen and oxygen atoms in total. The van der Waals surface area contributed by atoms with E-state index in [9.17, 15) is 0 Å². The summed E-state index contributed by atoms with van der Waals surface area (Å²) in [5.41, 5.74) is 1.42. The van der Waals surface area contributed by atoms with Gasteiger partial charge in [-0.25, -0.2) is 4.63 Å². The van der Waals surface area contributed by atoms with Crippen LogP contribution in [0, 0.1) is 0 Å². The third-order valence-corrected chi connectivity index (χ3v) is 2.72. The first-order chi connectivity index (χ1) is 9.76. The summed E-state index contributed by atoms with van der Waals surface area (Å²) in [4.78, 5) is 8.47. The largest absolute Gasteiger partial charge is 0.475 e. The van der Waals surface area contributed by atoms with Crippen molar-refractivity contribution in [1.29, 1.82) is 0 Å². The molecule has 0 aliphatic rings. The van der Waals surface area contributed by atoms with Gasteiger partial charge in [0.05, 0.1) is 6.61 Å². The molecule has 0 radical (unpaired) electrons. The Balaban J connectivity index is 1.99. The van der Waals surface area contributed by atoms with Crippen LogP contribution in [0.5, 0.6) is 5.88 Å². The minimum atomic E-state index is 0.301. The van der Waals surface area contributed by atoms with Crippen molar-refractivity contribution >= 4 is 34.4 Å². The van der Waals surface area contributed by atoms with Gasteiger partial charge in [0.15, 0.2) is 5.82 Å². The van der Waals surface area contributed by atoms with Crippen LogP contribution in [0.1, 0.15) is 6.92 Å². The van der Waals surface area contributed by atoms with E-state index in [0.717, 1.165) is 5.69 Å². The molecule has 0 atom stereocenters. The molecular formula is C12H10ClN5O2. The molecule has 0 amide bonds. The van der Waals surface area contributed by atoms with E-state index in [2.05, 4.69) is 30.2 Å².